The fraction of sp³-hybridized carbons (Fsp3) is 0.273. The minimum Gasteiger partial charge on any atom is -0.361 e. The highest BCUT2D eigenvalue weighted by Crippen LogP contribution is 2.23. The third kappa shape index (κ3) is 1.50. The van der Waals surface area contributed by atoms with Gasteiger partial charge in [-0.3, -0.25) is 0 Å². The van der Waals surface area contributed by atoms with Crippen LogP contribution in [-0.2, 0) is 0 Å². The van der Waals surface area contributed by atoms with Gasteiger partial charge in [0.25, 0.3) is 0 Å². The van der Waals surface area contributed by atoms with Crippen molar-refractivity contribution in [3.63, 3.8) is 0 Å². The Hall–Kier alpha value is -1.24. The van der Waals surface area contributed by atoms with Crippen LogP contribution in [0.4, 0.5) is 0 Å². The fourth-order valence-corrected chi connectivity index (χ4v) is 1.12. The number of hydrogen-bond acceptors (Lipinski definition) is 0. The molecule has 0 amide bonds. The van der Waals surface area contributed by atoms with E-state index in [4.69, 9.17) is 0 Å². The molecular formula is C11H17N. The summed E-state index contributed by atoms with van der Waals surface area (Å²) in [5.41, 5.74) is 3.38. The van der Waals surface area contributed by atoms with Gasteiger partial charge in [-0.25, -0.2) is 0 Å². The molecule has 0 saturated carbocycles. The summed E-state index contributed by atoms with van der Waals surface area (Å²) < 4.78 is 0. The highest BCUT2D eigenvalue weighted by molar-refractivity contribution is 5.70. The van der Waals surface area contributed by atoms with Gasteiger partial charge in [0.15, 0.2) is 0 Å². The maximum atomic E-state index is 4.03. The summed E-state index contributed by atoms with van der Waals surface area (Å²) in [6, 6.07) is 2.01. The molecule has 1 aromatic heterocycles. The Morgan fingerprint density at radius 3 is 2.83 bits per heavy atom. The highest BCUT2D eigenvalue weighted by atomic mass is 14.7. The molecule has 1 heteroatoms. The van der Waals surface area contributed by atoms with Crippen LogP contribution in [0, 0.1) is 5.92 Å². The number of rotatable bonds is 3. The number of H-pyrrole nitrogens is 1. The van der Waals surface area contributed by atoms with Crippen LogP contribution in [0.25, 0.3) is 11.6 Å². The number of aromatic nitrogens is 1. The lowest BCUT2D eigenvalue weighted by Crippen LogP contribution is -1.93. The van der Waals surface area contributed by atoms with Gasteiger partial charge in [0.2, 0.25) is 0 Å². The second-order valence-electron chi connectivity index (χ2n) is 3.19. The molecule has 0 aromatic carbocycles. The van der Waals surface area contributed by atoms with Crippen LogP contribution in [0.5, 0.6) is 0 Å². The molecule has 0 spiro atoms. The average molecular weight is 163 g/mol. The van der Waals surface area contributed by atoms with Gasteiger partial charge in [-0.05, 0) is 23.1 Å². The Kier molecular flexibility index (Phi) is 2.54. The van der Waals surface area contributed by atoms with Crippen molar-refractivity contribution < 1.29 is 1.43 Å². The smallest absolute Gasteiger partial charge is 0.0482 e. The van der Waals surface area contributed by atoms with Gasteiger partial charge < -0.3 is 4.98 Å². The lowest BCUT2D eigenvalue weighted by atomic mass is 9.99. The quantitative estimate of drug-likeness (QED) is 0.701. The molecule has 66 valence electrons. The lowest BCUT2D eigenvalue weighted by Gasteiger charge is -2.08. The van der Waals surface area contributed by atoms with Crippen LogP contribution in [0.1, 0.15) is 26.5 Å². The highest BCUT2D eigenvalue weighted by Gasteiger charge is 2.07. The van der Waals surface area contributed by atoms with Crippen LogP contribution in [0.3, 0.4) is 0 Å². The van der Waals surface area contributed by atoms with Crippen LogP contribution in [-0.4, -0.2) is 4.98 Å². The molecular weight excluding hydrogens is 146 g/mol. The largest absolute Gasteiger partial charge is 0.361 e. The van der Waals surface area contributed by atoms with Crippen molar-refractivity contribution in [1.29, 1.82) is 0 Å². The minimum atomic E-state index is 0. The Morgan fingerprint density at radius 1 is 1.67 bits per heavy atom. The molecule has 1 N–H and O–H groups in total. The molecule has 1 aromatic rings. The molecule has 0 aliphatic rings. The van der Waals surface area contributed by atoms with Crippen molar-refractivity contribution in [3.05, 3.63) is 36.7 Å². The summed E-state index contributed by atoms with van der Waals surface area (Å²) in [7, 11) is 0. The van der Waals surface area contributed by atoms with Crippen molar-refractivity contribution in [2.24, 2.45) is 5.92 Å². The van der Waals surface area contributed by atoms with Gasteiger partial charge in [0.05, 0.1) is 0 Å². The Labute approximate surface area is 75.3 Å². The lowest BCUT2D eigenvalue weighted by molar-refractivity contribution is 0.852. The first-order valence-corrected chi connectivity index (χ1v) is 4.15. The van der Waals surface area contributed by atoms with Crippen molar-refractivity contribution >= 4 is 11.6 Å². The molecule has 0 aliphatic carbocycles. The zero-order valence-electron chi connectivity index (χ0n) is 7.72. The van der Waals surface area contributed by atoms with Gasteiger partial charge >= 0.3 is 0 Å². The Morgan fingerprint density at radius 2 is 2.33 bits per heavy atom. The van der Waals surface area contributed by atoms with Gasteiger partial charge in [-0.1, -0.05) is 33.1 Å². The first kappa shape index (κ1) is 8.85. The molecule has 0 fully saturated rings. The monoisotopic (exact) mass is 163 g/mol. The van der Waals surface area contributed by atoms with Crippen molar-refractivity contribution in [3.8, 4) is 0 Å². The average Bonchev–Trinajstić information content (AvgIpc) is 2.49. The van der Waals surface area contributed by atoms with E-state index in [1.807, 2.05) is 18.3 Å². The van der Waals surface area contributed by atoms with Crippen LogP contribution >= 0.6 is 0 Å². The predicted octanol–water partition coefficient (Wildman–Crippen LogP) is 3.57. The summed E-state index contributed by atoms with van der Waals surface area (Å²) in [6.07, 6.45) is 3.76. The van der Waals surface area contributed by atoms with E-state index in [1.165, 1.54) is 0 Å². The van der Waals surface area contributed by atoms with Crippen LogP contribution < -0.4 is 0 Å². The van der Waals surface area contributed by atoms with E-state index in [-0.39, 0.29) is 1.43 Å². The Balaban J connectivity index is 0.00000144. The van der Waals surface area contributed by atoms with Gasteiger partial charge in [0, 0.05) is 13.3 Å². The third-order valence-electron chi connectivity index (χ3n) is 2.02. The molecule has 1 rings (SSSR count). The molecule has 0 saturated heterocycles. The van der Waals surface area contributed by atoms with Crippen LogP contribution in [0.2, 0.25) is 0 Å². The zero-order chi connectivity index (χ0) is 9.14. The summed E-state index contributed by atoms with van der Waals surface area (Å²) in [5, 5.41) is 0. The summed E-state index contributed by atoms with van der Waals surface area (Å²) >= 11 is 0. The van der Waals surface area contributed by atoms with E-state index in [9.17, 15) is 0 Å². The maximum absolute atomic E-state index is 4.03. The van der Waals surface area contributed by atoms with Gasteiger partial charge in [-0.15, -0.1) is 0 Å². The first-order chi connectivity index (χ1) is 5.66. The maximum Gasteiger partial charge on any atom is 0.0482 e. The molecule has 0 unspecified atom stereocenters. The van der Waals surface area contributed by atoms with Crippen molar-refractivity contribution in [2.45, 2.75) is 13.8 Å². The SMILES string of the molecule is C=Cc1cc[nH]c1C(=C)C(C)C.[HH]. The molecule has 1 heterocycles. The molecule has 0 atom stereocenters. The van der Waals surface area contributed by atoms with E-state index < -0.39 is 0 Å². The van der Waals surface area contributed by atoms with E-state index in [2.05, 4.69) is 32.0 Å². The summed E-state index contributed by atoms with van der Waals surface area (Å²) in [6.45, 7) is 12.0. The normalized spacial score (nSPS) is 10.2. The fourth-order valence-electron chi connectivity index (χ4n) is 1.12. The summed E-state index contributed by atoms with van der Waals surface area (Å²) in [4.78, 5) is 3.17. The standard InChI is InChI=1S/C11H15N.H2/c1-5-10-6-7-12-11(10)9(4)8(2)3;/h5-8,12H,1,4H2,2-3H3;1H. The molecule has 12 heavy (non-hydrogen) atoms. The first-order valence-electron chi connectivity index (χ1n) is 4.15. The number of hydrogen-bond donors (Lipinski definition) is 1. The predicted molar refractivity (Wildman–Crippen MR) is 56.9 cm³/mol. The minimum absolute atomic E-state index is 0. The Bertz CT molecular complexity index is 297. The third-order valence-corrected chi connectivity index (χ3v) is 2.02. The van der Waals surface area contributed by atoms with Crippen molar-refractivity contribution in [2.75, 3.05) is 0 Å². The number of nitrogens with one attached hydrogen (secondary N) is 1. The molecule has 0 bridgehead atoms. The molecule has 0 radical (unpaired) electrons. The van der Waals surface area contributed by atoms with Crippen LogP contribution in [0.15, 0.2) is 25.4 Å². The number of allylic oxidation sites excluding steroid dienone is 1. The van der Waals surface area contributed by atoms with E-state index in [0.717, 1.165) is 16.8 Å². The van der Waals surface area contributed by atoms with E-state index in [1.54, 1.807) is 0 Å². The number of aromatic amines is 1. The molecule has 1 nitrogen and oxygen atoms in total. The van der Waals surface area contributed by atoms with E-state index >= 15 is 0 Å². The topological polar surface area (TPSA) is 15.8 Å². The van der Waals surface area contributed by atoms with E-state index in [0.29, 0.717) is 5.92 Å². The second-order valence-corrected chi connectivity index (χ2v) is 3.19. The van der Waals surface area contributed by atoms with Crippen molar-refractivity contribution in [1.82, 2.24) is 4.98 Å². The zero-order valence-corrected chi connectivity index (χ0v) is 7.72. The summed E-state index contributed by atoms with van der Waals surface area (Å²) in [5.74, 6) is 0.474. The van der Waals surface area contributed by atoms with Gasteiger partial charge in [0.1, 0.15) is 0 Å². The second kappa shape index (κ2) is 3.44. The molecule has 0 aliphatic heterocycles. The van der Waals surface area contributed by atoms with Gasteiger partial charge in [-0.2, -0.15) is 0 Å².